The van der Waals surface area contributed by atoms with Crippen LogP contribution in [0.3, 0.4) is 0 Å². The van der Waals surface area contributed by atoms with Crippen LogP contribution in [0.2, 0.25) is 0 Å². The molecule has 0 fully saturated rings. The maximum absolute atomic E-state index is 11.7. The Balaban J connectivity index is 2.35. The van der Waals surface area contributed by atoms with Gasteiger partial charge in [0.1, 0.15) is 12.3 Å². The smallest absolute Gasteiger partial charge is 0.251 e. The molecule has 2 aromatic rings. The lowest BCUT2D eigenvalue weighted by Gasteiger charge is -2.04. The van der Waals surface area contributed by atoms with Crippen LogP contribution in [0.1, 0.15) is 17.2 Å². The van der Waals surface area contributed by atoms with Gasteiger partial charge >= 0.3 is 0 Å². The second-order valence-corrected chi connectivity index (χ2v) is 4.49. The van der Waals surface area contributed by atoms with Crippen molar-refractivity contribution >= 4 is 15.9 Å². The highest BCUT2D eigenvalue weighted by Gasteiger charge is 2.05. The molecule has 4 nitrogen and oxygen atoms in total. The third-order valence-electron chi connectivity index (χ3n) is 2.24. The molecule has 0 saturated carbocycles. The molecule has 0 saturated heterocycles. The van der Waals surface area contributed by atoms with Gasteiger partial charge in [-0.15, -0.1) is 0 Å². The third kappa shape index (κ3) is 2.24. The second kappa shape index (κ2) is 4.25. The average Bonchev–Trinajstić information content (AvgIpc) is 2.60. The SMILES string of the molecule is Cc1cnc(Cn2cc(Br)c(C)cc2=O)o1. The number of aromatic nitrogens is 2. The molecule has 0 N–H and O–H groups in total. The molecule has 0 aliphatic rings. The molecule has 5 heteroatoms. The summed E-state index contributed by atoms with van der Waals surface area (Å²) < 4.78 is 7.78. The standard InChI is InChI=1S/C11H11BrN2O2/c1-7-3-11(15)14(5-9(7)12)6-10-13-4-8(2)16-10/h3-5H,6H2,1-2H3. The van der Waals surface area contributed by atoms with Gasteiger partial charge in [0.25, 0.3) is 5.56 Å². The Morgan fingerprint density at radius 1 is 1.50 bits per heavy atom. The van der Waals surface area contributed by atoms with Crippen LogP contribution in [0.15, 0.2) is 32.1 Å². The summed E-state index contributed by atoms with van der Waals surface area (Å²) >= 11 is 3.39. The lowest BCUT2D eigenvalue weighted by Crippen LogP contribution is -2.19. The number of hydrogen-bond acceptors (Lipinski definition) is 3. The first-order valence-corrected chi connectivity index (χ1v) is 5.63. The van der Waals surface area contributed by atoms with Crippen LogP contribution in [0, 0.1) is 13.8 Å². The van der Waals surface area contributed by atoms with E-state index < -0.39 is 0 Å². The zero-order valence-corrected chi connectivity index (χ0v) is 10.6. The molecule has 2 rings (SSSR count). The number of oxazole rings is 1. The van der Waals surface area contributed by atoms with Crippen molar-refractivity contribution in [3.05, 3.63) is 50.5 Å². The van der Waals surface area contributed by atoms with Gasteiger partial charge in [0.05, 0.1) is 6.20 Å². The Morgan fingerprint density at radius 3 is 2.88 bits per heavy atom. The van der Waals surface area contributed by atoms with E-state index in [2.05, 4.69) is 20.9 Å². The number of aryl methyl sites for hydroxylation is 2. The van der Waals surface area contributed by atoms with Crippen molar-refractivity contribution in [1.29, 1.82) is 0 Å². The van der Waals surface area contributed by atoms with Crippen molar-refractivity contribution in [3.63, 3.8) is 0 Å². The maximum atomic E-state index is 11.7. The van der Waals surface area contributed by atoms with Crippen LogP contribution in [0.5, 0.6) is 0 Å². The number of rotatable bonds is 2. The molecule has 0 radical (unpaired) electrons. The highest BCUT2D eigenvalue weighted by atomic mass is 79.9. The van der Waals surface area contributed by atoms with Gasteiger partial charge < -0.3 is 8.98 Å². The normalized spacial score (nSPS) is 10.7. The first-order valence-electron chi connectivity index (χ1n) is 4.84. The van der Waals surface area contributed by atoms with Crippen LogP contribution >= 0.6 is 15.9 Å². The van der Waals surface area contributed by atoms with Crippen LogP contribution in [0.4, 0.5) is 0 Å². The van der Waals surface area contributed by atoms with Crippen molar-refractivity contribution < 1.29 is 4.42 Å². The van der Waals surface area contributed by atoms with E-state index in [1.165, 1.54) is 0 Å². The Hall–Kier alpha value is -1.36. The minimum absolute atomic E-state index is 0.0587. The van der Waals surface area contributed by atoms with E-state index in [1.807, 2.05) is 13.8 Å². The van der Waals surface area contributed by atoms with E-state index in [1.54, 1.807) is 23.0 Å². The molecular formula is C11H11BrN2O2. The molecule has 0 aromatic carbocycles. The van der Waals surface area contributed by atoms with E-state index >= 15 is 0 Å². The molecule has 0 atom stereocenters. The monoisotopic (exact) mass is 282 g/mol. The van der Waals surface area contributed by atoms with Crippen LogP contribution in [-0.2, 0) is 6.54 Å². The van der Waals surface area contributed by atoms with Gasteiger partial charge in [0.15, 0.2) is 0 Å². The second-order valence-electron chi connectivity index (χ2n) is 3.64. The van der Waals surface area contributed by atoms with Crippen LogP contribution < -0.4 is 5.56 Å². The summed E-state index contributed by atoms with van der Waals surface area (Å²) in [6.45, 7) is 4.06. The summed E-state index contributed by atoms with van der Waals surface area (Å²) in [5.74, 6) is 1.28. The Morgan fingerprint density at radius 2 is 2.25 bits per heavy atom. The quantitative estimate of drug-likeness (QED) is 0.849. The average molecular weight is 283 g/mol. The van der Waals surface area contributed by atoms with Gasteiger partial charge in [0, 0.05) is 16.7 Å². The zero-order valence-electron chi connectivity index (χ0n) is 9.03. The molecule has 0 amide bonds. The summed E-state index contributed by atoms with van der Waals surface area (Å²) in [4.78, 5) is 15.7. The molecule has 0 bridgehead atoms. The fraction of sp³-hybridized carbons (Fsp3) is 0.273. The Kier molecular flexibility index (Phi) is 2.96. The molecule has 2 aromatic heterocycles. The number of nitrogens with zero attached hydrogens (tertiary/aromatic N) is 2. The van der Waals surface area contributed by atoms with E-state index in [0.717, 1.165) is 15.8 Å². The zero-order chi connectivity index (χ0) is 11.7. The van der Waals surface area contributed by atoms with E-state index in [9.17, 15) is 4.79 Å². The number of pyridine rings is 1. The van der Waals surface area contributed by atoms with Gasteiger partial charge in [-0.2, -0.15) is 0 Å². The number of hydrogen-bond donors (Lipinski definition) is 0. The topological polar surface area (TPSA) is 48.0 Å². The lowest BCUT2D eigenvalue weighted by atomic mass is 10.3. The minimum Gasteiger partial charge on any atom is -0.444 e. The minimum atomic E-state index is -0.0587. The number of halogens is 1. The van der Waals surface area contributed by atoms with Gasteiger partial charge in [-0.1, -0.05) is 0 Å². The molecule has 2 heterocycles. The first-order chi connectivity index (χ1) is 7.56. The summed E-state index contributed by atoms with van der Waals surface area (Å²) in [7, 11) is 0. The van der Waals surface area contributed by atoms with Crippen LogP contribution in [-0.4, -0.2) is 9.55 Å². The van der Waals surface area contributed by atoms with Crippen LogP contribution in [0.25, 0.3) is 0 Å². The van der Waals surface area contributed by atoms with Crippen molar-refractivity contribution in [3.8, 4) is 0 Å². The van der Waals surface area contributed by atoms with E-state index in [0.29, 0.717) is 12.4 Å². The van der Waals surface area contributed by atoms with Crippen molar-refractivity contribution in [2.75, 3.05) is 0 Å². The summed E-state index contributed by atoms with van der Waals surface area (Å²) in [6.07, 6.45) is 3.39. The summed E-state index contributed by atoms with van der Waals surface area (Å²) in [5.41, 5.74) is 0.862. The molecule has 0 spiro atoms. The van der Waals surface area contributed by atoms with Crippen molar-refractivity contribution in [1.82, 2.24) is 9.55 Å². The first kappa shape index (κ1) is 11.1. The molecule has 0 unspecified atom stereocenters. The lowest BCUT2D eigenvalue weighted by molar-refractivity contribution is 0.454. The molecule has 84 valence electrons. The molecule has 0 aliphatic heterocycles. The Bertz CT molecular complexity index is 572. The van der Waals surface area contributed by atoms with Crippen molar-refractivity contribution in [2.24, 2.45) is 0 Å². The predicted octanol–water partition coefficient (Wildman–Crippen LogP) is 2.26. The van der Waals surface area contributed by atoms with E-state index in [-0.39, 0.29) is 5.56 Å². The van der Waals surface area contributed by atoms with Gasteiger partial charge in [-0.3, -0.25) is 4.79 Å². The molecule has 0 aliphatic carbocycles. The molecule has 16 heavy (non-hydrogen) atoms. The van der Waals surface area contributed by atoms with Gasteiger partial charge in [-0.05, 0) is 35.3 Å². The largest absolute Gasteiger partial charge is 0.444 e. The fourth-order valence-electron chi connectivity index (χ4n) is 1.38. The highest BCUT2D eigenvalue weighted by Crippen LogP contribution is 2.13. The van der Waals surface area contributed by atoms with Gasteiger partial charge in [-0.25, -0.2) is 4.98 Å². The molecular weight excluding hydrogens is 272 g/mol. The summed E-state index contributed by atoms with van der Waals surface area (Å²) in [5, 5.41) is 0. The Labute approximate surface area is 101 Å². The third-order valence-corrected chi connectivity index (χ3v) is 3.07. The van der Waals surface area contributed by atoms with E-state index in [4.69, 9.17) is 4.42 Å². The summed E-state index contributed by atoms with van der Waals surface area (Å²) in [6, 6.07) is 1.58. The fourth-order valence-corrected chi connectivity index (χ4v) is 1.74. The van der Waals surface area contributed by atoms with Crippen molar-refractivity contribution in [2.45, 2.75) is 20.4 Å². The highest BCUT2D eigenvalue weighted by molar-refractivity contribution is 9.10. The maximum Gasteiger partial charge on any atom is 0.251 e. The predicted molar refractivity (Wildman–Crippen MR) is 63.5 cm³/mol. The van der Waals surface area contributed by atoms with Gasteiger partial charge in [0.2, 0.25) is 5.89 Å².